The van der Waals surface area contributed by atoms with E-state index >= 15 is 0 Å². The van der Waals surface area contributed by atoms with Crippen LogP contribution in [0.25, 0.3) is 10.7 Å². The second-order valence-corrected chi connectivity index (χ2v) is 9.38. The first kappa shape index (κ1) is 20.7. The summed E-state index contributed by atoms with van der Waals surface area (Å²) in [6.45, 7) is 0. The highest BCUT2D eigenvalue weighted by Gasteiger charge is 2.30. The first-order chi connectivity index (χ1) is 15.7. The van der Waals surface area contributed by atoms with E-state index in [1.165, 1.54) is 11.8 Å². The van der Waals surface area contributed by atoms with Crippen LogP contribution in [0.5, 0.6) is 0 Å². The molecule has 160 valence electrons. The fraction of sp³-hybridized carbons (Fsp3) is 0.167. The Morgan fingerprint density at radius 2 is 1.75 bits per heavy atom. The zero-order chi connectivity index (χ0) is 21.9. The maximum absolute atomic E-state index is 12.7. The summed E-state index contributed by atoms with van der Waals surface area (Å²) in [5.41, 5.74) is 1.84. The molecule has 0 spiro atoms. The fourth-order valence-electron chi connectivity index (χ4n) is 3.36. The van der Waals surface area contributed by atoms with Crippen LogP contribution in [0.1, 0.15) is 39.6 Å². The summed E-state index contributed by atoms with van der Waals surface area (Å²) in [6.07, 6.45) is 2.24. The van der Waals surface area contributed by atoms with Crippen LogP contribution in [-0.2, 0) is 0 Å². The third-order valence-electron chi connectivity index (χ3n) is 5.15. The van der Waals surface area contributed by atoms with Gasteiger partial charge in [0.05, 0.1) is 10.6 Å². The molecule has 2 aromatic carbocycles. The number of aromatic nitrogens is 3. The average molecular weight is 461 g/mol. The van der Waals surface area contributed by atoms with Gasteiger partial charge in [-0.2, -0.15) is 0 Å². The summed E-state index contributed by atoms with van der Waals surface area (Å²) in [7, 11) is 0. The van der Waals surface area contributed by atoms with Gasteiger partial charge in [0.2, 0.25) is 0 Å². The van der Waals surface area contributed by atoms with Crippen molar-refractivity contribution in [1.82, 2.24) is 14.8 Å². The minimum absolute atomic E-state index is 0.0129. The van der Waals surface area contributed by atoms with Gasteiger partial charge in [-0.15, -0.1) is 21.5 Å². The summed E-state index contributed by atoms with van der Waals surface area (Å²) < 4.78 is 2.17. The maximum Gasteiger partial charge on any atom is 0.255 e. The topological polar surface area (TPSA) is 76.9 Å². The highest BCUT2D eigenvalue weighted by atomic mass is 32.2. The smallest absolute Gasteiger partial charge is 0.255 e. The van der Waals surface area contributed by atoms with Gasteiger partial charge in [-0.05, 0) is 60.7 Å². The van der Waals surface area contributed by atoms with Crippen LogP contribution in [0, 0.1) is 0 Å². The number of nitrogens with one attached hydrogen (secondary N) is 1. The first-order valence-corrected chi connectivity index (χ1v) is 12.2. The van der Waals surface area contributed by atoms with Crippen LogP contribution in [-0.4, -0.2) is 32.2 Å². The quantitative estimate of drug-likeness (QED) is 0.275. The van der Waals surface area contributed by atoms with E-state index in [1.807, 2.05) is 35.7 Å². The molecule has 0 aliphatic heterocycles. The lowest BCUT2D eigenvalue weighted by atomic mass is 10.1. The van der Waals surface area contributed by atoms with Crippen molar-refractivity contribution in [3.63, 3.8) is 0 Å². The number of thiophene rings is 1. The summed E-state index contributed by atoms with van der Waals surface area (Å²) in [5, 5.41) is 14.4. The van der Waals surface area contributed by atoms with Crippen molar-refractivity contribution in [2.45, 2.75) is 24.0 Å². The Morgan fingerprint density at radius 1 is 0.969 bits per heavy atom. The molecule has 1 saturated carbocycles. The molecule has 0 bridgehead atoms. The zero-order valence-corrected chi connectivity index (χ0v) is 18.7. The summed E-state index contributed by atoms with van der Waals surface area (Å²) >= 11 is 3.07. The lowest BCUT2D eigenvalue weighted by Gasteiger charge is -2.08. The van der Waals surface area contributed by atoms with E-state index in [-0.39, 0.29) is 17.4 Å². The number of hydrogen-bond donors (Lipinski definition) is 1. The van der Waals surface area contributed by atoms with Gasteiger partial charge in [-0.3, -0.25) is 14.2 Å². The summed E-state index contributed by atoms with van der Waals surface area (Å²) in [4.78, 5) is 26.1. The number of Topliss-reactive ketones (excluding diaryl/α,β-unsaturated/α-hetero) is 1. The van der Waals surface area contributed by atoms with E-state index in [2.05, 4.69) is 20.1 Å². The molecule has 0 radical (unpaired) electrons. The molecule has 8 heteroatoms. The maximum atomic E-state index is 12.7. The number of hydrogen-bond acceptors (Lipinski definition) is 6. The number of amides is 1. The lowest BCUT2D eigenvalue weighted by Crippen LogP contribution is -2.12. The monoisotopic (exact) mass is 460 g/mol. The van der Waals surface area contributed by atoms with Crippen molar-refractivity contribution in [3.05, 3.63) is 83.2 Å². The molecule has 6 nitrogen and oxygen atoms in total. The number of nitrogens with zero attached hydrogens (tertiary/aromatic N) is 3. The Morgan fingerprint density at radius 3 is 2.44 bits per heavy atom. The molecule has 32 heavy (non-hydrogen) atoms. The van der Waals surface area contributed by atoms with E-state index in [4.69, 9.17) is 0 Å². The second-order valence-electron chi connectivity index (χ2n) is 7.49. The molecular weight excluding hydrogens is 440 g/mol. The Balaban J connectivity index is 1.23. The van der Waals surface area contributed by atoms with Gasteiger partial charge in [0.25, 0.3) is 5.91 Å². The number of benzene rings is 2. The van der Waals surface area contributed by atoms with Crippen LogP contribution < -0.4 is 5.32 Å². The number of anilines is 1. The van der Waals surface area contributed by atoms with Crippen molar-refractivity contribution in [2.24, 2.45) is 0 Å². The predicted octanol–water partition coefficient (Wildman–Crippen LogP) is 5.57. The fourth-order valence-corrected chi connectivity index (χ4v) is 4.96. The van der Waals surface area contributed by atoms with Crippen LogP contribution in [0.15, 0.2) is 77.3 Å². The minimum atomic E-state index is -0.179. The van der Waals surface area contributed by atoms with Crippen LogP contribution in [0.3, 0.4) is 0 Å². The van der Waals surface area contributed by atoms with Crippen molar-refractivity contribution in [2.75, 3.05) is 11.1 Å². The molecular formula is C24H20N4O2S2. The summed E-state index contributed by atoms with van der Waals surface area (Å²) in [6, 6.07) is 20.5. The third-order valence-corrected chi connectivity index (χ3v) is 6.96. The highest BCUT2D eigenvalue weighted by Crippen LogP contribution is 2.41. The Labute approximate surface area is 193 Å². The van der Waals surface area contributed by atoms with Gasteiger partial charge >= 0.3 is 0 Å². The van der Waals surface area contributed by atoms with E-state index in [0.29, 0.717) is 22.9 Å². The molecule has 1 fully saturated rings. The van der Waals surface area contributed by atoms with Gasteiger partial charge in [-0.25, -0.2) is 0 Å². The van der Waals surface area contributed by atoms with Crippen molar-refractivity contribution >= 4 is 40.5 Å². The largest absolute Gasteiger partial charge is 0.322 e. The number of ketones is 1. The Bertz CT molecular complexity index is 1230. The predicted molar refractivity (Wildman–Crippen MR) is 127 cm³/mol. The molecule has 5 rings (SSSR count). The van der Waals surface area contributed by atoms with E-state index in [0.717, 1.165) is 28.7 Å². The van der Waals surface area contributed by atoms with E-state index < -0.39 is 0 Å². The SMILES string of the molecule is O=C(CSc1nnc(-c2cccs2)n1C1CC1)c1ccc(NC(=O)c2ccccc2)cc1. The summed E-state index contributed by atoms with van der Waals surface area (Å²) in [5.74, 6) is 1.00. The molecule has 0 unspecified atom stereocenters. The molecule has 2 heterocycles. The zero-order valence-electron chi connectivity index (χ0n) is 17.1. The lowest BCUT2D eigenvalue weighted by molar-refractivity contribution is 0.101. The molecule has 4 aromatic rings. The molecule has 1 amide bonds. The second kappa shape index (κ2) is 9.10. The number of rotatable bonds is 8. The Kier molecular flexibility index (Phi) is 5.87. The molecule has 2 aromatic heterocycles. The normalized spacial score (nSPS) is 13.1. The number of carbonyl (C=O) groups is 2. The van der Waals surface area contributed by atoms with Gasteiger partial charge < -0.3 is 5.32 Å². The standard InChI is InChI=1S/C24H20N4O2S2/c29-20(16-8-10-18(11-9-16)25-23(30)17-5-2-1-3-6-17)15-32-24-27-26-22(21-7-4-14-31-21)28(24)19-12-13-19/h1-11,14,19H,12-13,15H2,(H,25,30). The van der Waals surface area contributed by atoms with Gasteiger partial charge in [0.1, 0.15) is 0 Å². The Hall–Kier alpha value is -3.23. The third kappa shape index (κ3) is 4.51. The molecule has 1 aliphatic carbocycles. The van der Waals surface area contributed by atoms with Gasteiger partial charge in [0.15, 0.2) is 16.8 Å². The van der Waals surface area contributed by atoms with Crippen molar-refractivity contribution in [1.29, 1.82) is 0 Å². The average Bonchev–Trinajstić information content (AvgIpc) is 3.34. The van der Waals surface area contributed by atoms with Gasteiger partial charge in [0, 0.05) is 22.9 Å². The van der Waals surface area contributed by atoms with Crippen LogP contribution in [0.2, 0.25) is 0 Å². The first-order valence-electron chi connectivity index (χ1n) is 10.3. The molecule has 0 saturated heterocycles. The molecule has 1 N–H and O–H groups in total. The van der Waals surface area contributed by atoms with E-state index in [1.54, 1.807) is 47.7 Å². The highest BCUT2D eigenvalue weighted by molar-refractivity contribution is 7.99. The van der Waals surface area contributed by atoms with Gasteiger partial charge in [-0.1, -0.05) is 36.0 Å². The number of thioether (sulfide) groups is 1. The van der Waals surface area contributed by atoms with Crippen molar-refractivity contribution in [3.8, 4) is 10.7 Å². The van der Waals surface area contributed by atoms with E-state index in [9.17, 15) is 9.59 Å². The van der Waals surface area contributed by atoms with Crippen LogP contribution >= 0.6 is 23.1 Å². The molecule has 1 aliphatic rings. The molecule has 0 atom stereocenters. The minimum Gasteiger partial charge on any atom is -0.322 e. The number of carbonyl (C=O) groups excluding carboxylic acids is 2. The van der Waals surface area contributed by atoms with Crippen molar-refractivity contribution < 1.29 is 9.59 Å². The van der Waals surface area contributed by atoms with Crippen LogP contribution in [0.4, 0.5) is 5.69 Å².